The Kier molecular flexibility index (Phi) is 2.71. The summed E-state index contributed by atoms with van der Waals surface area (Å²) in [6, 6.07) is 0. The van der Waals surface area contributed by atoms with Gasteiger partial charge in [0.25, 0.3) is 5.56 Å². The summed E-state index contributed by atoms with van der Waals surface area (Å²) in [5.41, 5.74) is 0.861. The highest BCUT2D eigenvalue weighted by Gasteiger charge is 2.37. The predicted octanol–water partition coefficient (Wildman–Crippen LogP) is 0.198. The van der Waals surface area contributed by atoms with E-state index in [1.165, 1.54) is 4.68 Å². The maximum Gasteiger partial charge on any atom is 0.282 e. The third-order valence-electron chi connectivity index (χ3n) is 3.79. The molecule has 2 atom stereocenters. The summed E-state index contributed by atoms with van der Waals surface area (Å²) in [6.07, 6.45) is 1.78. The van der Waals surface area contributed by atoms with Crippen LogP contribution < -0.4 is 15.8 Å². The molecule has 0 amide bonds. The smallest absolute Gasteiger partial charge is 0.282 e. The molecule has 0 bridgehead atoms. The summed E-state index contributed by atoms with van der Waals surface area (Å²) in [7, 11) is 1.67. The molecule has 0 radical (unpaired) electrons. The number of anilines is 1. The van der Waals surface area contributed by atoms with Crippen LogP contribution in [0.15, 0.2) is 15.5 Å². The third kappa shape index (κ3) is 1.79. The molecule has 2 aliphatic rings. The molecule has 6 heteroatoms. The minimum absolute atomic E-state index is 0.0716. The zero-order chi connectivity index (χ0) is 12.0. The fraction of sp³-hybridized carbons (Fsp3) is 0.636. The Morgan fingerprint density at radius 2 is 2.06 bits per heavy atom. The maximum absolute atomic E-state index is 11.8. The first-order chi connectivity index (χ1) is 8.16. The van der Waals surface area contributed by atoms with Crippen molar-refractivity contribution in [1.82, 2.24) is 15.1 Å². The number of hydrogen-bond acceptors (Lipinski definition) is 4. The van der Waals surface area contributed by atoms with Crippen LogP contribution in [0.1, 0.15) is 0 Å². The molecule has 0 aromatic carbocycles. The molecule has 1 aromatic heterocycles. The molecule has 17 heavy (non-hydrogen) atoms. The Morgan fingerprint density at radius 1 is 1.41 bits per heavy atom. The fourth-order valence-corrected chi connectivity index (χ4v) is 3.38. The van der Waals surface area contributed by atoms with E-state index >= 15 is 0 Å². The molecule has 0 unspecified atom stereocenters. The molecule has 0 aliphatic carbocycles. The lowest BCUT2D eigenvalue weighted by Gasteiger charge is -2.20. The second-order valence-electron chi connectivity index (χ2n) is 4.86. The van der Waals surface area contributed by atoms with Crippen LogP contribution >= 0.6 is 15.9 Å². The standard InChI is InChI=1S/C11H15BrN4O/c1-15-11(17)10(12)9(4-14-15)16-5-7-2-13-3-8(7)6-16/h4,7-8,13H,2-3,5-6H2,1H3/t7-,8+. The molecule has 1 aromatic rings. The zero-order valence-corrected chi connectivity index (χ0v) is 11.3. The number of nitrogens with zero attached hydrogens (tertiary/aromatic N) is 3. The van der Waals surface area contributed by atoms with E-state index in [0.29, 0.717) is 16.3 Å². The van der Waals surface area contributed by atoms with E-state index in [-0.39, 0.29) is 5.56 Å². The highest BCUT2D eigenvalue weighted by atomic mass is 79.9. The summed E-state index contributed by atoms with van der Waals surface area (Å²) in [4.78, 5) is 14.1. The normalized spacial score (nSPS) is 27.5. The molecular formula is C11H15BrN4O. The molecule has 92 valence electrons. The molecule has 0 spiro atoms. The van der Waals surface area contributed by atoms with E-state index < -0.39 is 0 Å². The van der Waals surface area contributed by atoms with E-state index in [9.17, 15) is 4.79 Å². The Bertz CT molecular complexity index is 489. The van der Waals surface area contributed by atoms with Gasteiger partial charge in [-0.1, -0.05) is 0 Å². The van der Waals surface area contributed by atoms with Crippen molar-refractivity contribution in [2.24, 2.45) is 18.9 Å². The SMILES string of the molecule is Cn1ncc(N2C[C@H]3CNC[C@H]3C2)c(Br)c1=O. The summed E-state index contributed by atoms with van der Waals surface area (Å²) in [5, 5.41) is 7.51. The van der Waals surface area contributed by atoms with Crippen molar-refractivity contribution in [2.75, 3.05) is 31.1 Å². The average molecular weight is 299 g/mol. The highest BCUT2D eigenvalue weighted by Crippen LogP contribution is 2.32. The number of fused-ring (bicyclic) bond motifs is 1. The van der Waals surface area contributed by atoms with Crippen LogP contribution in [-0.2, 0) is 7.05 Å². The van der Waals surface area contributed by atoms with Crippen LogP contribution in [-0.4, -0.2) is 36.0 Å². The van der Waals surface area contributed by atoms with Gasteiger partial charge in [-0.05, 0) is 27.8 Å². The van der Waals surface area contributed by atoms with Crippen molar-refractivity contribution in [1.29, 1.82) is 0 Å². The van der Waals surface area contributed by atoms with Gasteiger partial charge in [0.1, 0.15) is 4.47 Å². The van der Waals surface area contributed by atoms with Crippen molar-refractivity contribution in [3.8, 4) is 0 Å². The zero-order valence-electron chi connectivity index (χ0n) is 9.69. The maximum atomic E-state index is 11.8. The minimum atomic E-state index is -0.0716. The Hall–Kier alpha value is -0.880. The molecule has 5 nitrogen and oxygen atoms in total. The van der Waals surface area contributed by atoms with Crippen molar-refractivity contribution in [2.45, 2.75) is 0 Å². The van der Waals surface area contributed by atoms with Crippen LogP contribution in [0, 0.1) is 11.8 Å². The summed E-state index contributed by atoms with van der Waals surface area (Å²) in [6.45, 7) is 4.23. The molecule has 2 fully saturated rings. The van der Waals surface area contributed by atoms with E-state index in [1.807, 2.05) is 0 Å². The van der Waals surface area contributed by atoms with E-state index in [0.717, 1.165) is 31.9 Å². The predicted molar refractivity (Wildman–Crippen MR) is 69.2 cm³/mol. The molecule has 3 rings (SSSR count). The lowest BCUT2D eigenvalue weighted by Crippen LogP contribution is -2.29. The highest BCUT2D eigenvalue weighted by molar-refractivity contribution is 9.10. The number of aryl methyl sites for hydroxylation is 1. The second-order valence-corrected chi connectivity index (χ2v) is 5.65. The molecule has 2 aliphatic heterocycles. The summed E-state index contributed by atoms with van der Waals surface area (Å²) in [5.74, 6) is 1.43. The van der Waals surface area contributed by atoms with Gasteiger partial charge in [-0.15, -0.1) is 0 Å². The Labute approximate surface area is 108 Å². The number of halogens is 1. The van der Waals surface area contributed by atoms with Crippen molar-refractivity contribution >= 4 is 21.6 Å². The number of aromatic nitrogens is 2. The van der Waals surface area contributed by atoms with E-state index in [2.05, 4.69) is 31.2 Å². The second kappa shape index (κ2) is 4.10. The number of hydrogen-bond donors (Lipinski definition) is 1. The number of rotatable bonds is 1. The van der Waals surface area contributed by atoms with Crippen molar-refractivity contribution in [3.05, 3.63) is 21.0 Å². The van der Waals surface area contributed by atoms with Gasteiger partial charge in [-0.3, -0.25) is 4.79 Å². The van der Waals surface area contributed by atoms with Gasteiger partial charge in [-0.2, -0.15) is 5.10 Å². The lowest BCUT2D eigenvalue weighted by molar-refractivity contribution is 0.533. The first kappa shape index (κ1) is 11.2. The molecule has 3 heterocycles. The third-order valence-corrected chi connectivity index (χ3v) is 4.54. The molecule has 2 saturated heterocycles. The van der Waals surface area contributed by atoms with Crippen LogP contribution in [0.4, 0.5) is 5.69 Å². The van der Waals surface area contributed by atoms with Gasteiger partial charge in [0.2, 0.25) is 0 Å². The van der Waals surface area contributed by atoms with E-state index in [1.54, 1.807) is 13.2 Å². The topological polar surface area (TPSA) is 50.2 Å². The van der Waals surface area contributed by atoms with Gasteiger partial charge in [0.05, 0.1) is 11.9 Å². The summed E-state index contributed by atoms with van der Waals surface area (Å²) >= 11 is 3.39. The minimum Gasteiger partial charge on any atom is -0.368 e. The van der Waals surface area contributed by atoms with Gasteiger partial charge in [-0.25, -0.2) is 4.68 Å². The van der Waals surface area contributed by atoms with Gasteiger partial charge in [0.15, 0.2) is 0 Å². The van der Waals surface area contributed by atoms with Crippen LogP contribution in [0.2, 0.25) is 0 Å². The van der Waals surface area contributed by atoms with Crippen LogP contribution in [0.5, 0.6) is 0 Å². The molecule has 0 saturated carbocycles. The molecule has 1 N–H and O–H groups in total. The van der Waals surface area contributed by atoms with Gasteiger partial charge >= 0.3 is 0 Å². The number of nitrogens with one attached hydrogen (secondary N) is 1. The van der Waals surface area contributed by atoms with Gasteiger partial charge in [0, 0.05) is 33.2 Å². The van der Waals surface area contributed by atoms with Crippen LogP contribution in [0.25, 0.3) is 0 Å². The first-order valence-electron chi connectivity index (χ1n) is 5.84. The monoisotopic (exact) mass is 298 g/mol. The Morgan fingerprint density at radius 3 is 2.71 bits per heavy atom. The quantitative estimate of drug-likeness (QED) is 0.805. The van der Waals surface area contributed by atoms with E-state index in [4.69, 9.17) is 0 Å². The summed E-state index contributed by atoms with van der Waals surface area (Å²) < 4.78 is 1.98. The first-order valence-corrected chi connectivity index (χ1v) is 6.63. The average Bonchev–Trinajstić information content (AvgIpc) is 2.86. The largest absolute Gasteiger partial charge is 0.368 e. The Balaban J connectivity index is 1.91. The van der Waals surface area contributed by atoms with Crippen LogP contribution in [0.3, 0.4) is 0 Å². The lowest BCUT2D eigenvalue weighted by atomic mass is 10.0. The van der Waals surface area contributed by atoms with Crippen molar-refractivity contribution < 1.29 is 0 Å². The van der Waals surface area contributed by atoms with Crippen molar-refractivity contribution in [3.63, 3.8) is 0 Å². The fourth-order valence-electron chi connectivity index (χ4n) is 2.77. The van der Waals surface area contributed by atoms with Gasteiger partial charge < -0.3 is 10.2 Å². The molecular weight excluding hydrogens is 284 g/mol.